The van der Waals surface area contributed by atoms with E-state index in [0.717, 1.165) is 11.1 Å². The van der Waals surface area contributed by atoms with Crippen molar-refractivity contribution in [3.63, 3.8) is 0 Å². The fraction of sp³-hybridized carbons (Fsp3) is 0.615. The molecular weight excluding hydrogens is 768 g/mol. The van der Waals surface area contributed by atoms with Gasteiger partial charge in [-0.3, -0.25) is 19.7 Å². The lowest BCUT2D eigenvalue weighted by atomic mass is 9.83. The van der Waals surface area contributed by atoms with Gasteiger partial charge in [0.1, 0.15) is 46.8 Å². The van der Waals surface area contributed by atoms with E-state index < -0.39 is 77.6 Å². The van der Waals surface area contributed by atoms with Crippen LogP contribution in [0.4, 0.5) is 10.5 Å². The maximum absolute atomic E-state index is 14.2. The number of ether oxygens (including phenoxy) is 5. The van der Waals surface area contributed by atoms with Crippen LogP contribution in [0.15, 0.2) is 35.9 Å². The number of alkyl carbamates (subject to hydrolysis) is 1. The Morgan fingerprint density at radius 1 is 1.16 bits per heavy atom. The fourth-order valence-corrected chi connectivity index (χ4v) is 7.65. The molecule has 9 unspecified atom stereocenters. The molecule has 0 aliphatic carbocycles. The summed E-state index contributed by atoms with van der Waals surface area (Å²) >= 11 is 10.9. The Balaban J connectivity index is 1.73. The zero-order valence-corrected chi connectivity index (χ0v) is 35.3. The van der Waals surface area contributed by atoms with Gasteiger partial charge in [-0.2, -0.15) is 12.6 Å². The van der Waals surface area contributed by atoms with Crippen LogP contribution >= 0.6 is 24.2 Å². The van der Waals surface area contributed by atoms with E-state index in [1.165, 1.54) is 49.9 Å². The van der Waals surface area contributed by atoms with Crippen LogP contribution in [-0.2, 0) is 44.5 Å². The zero-order chi connectivity index (χ0) is 41.9. The van der Waals surface area contributed by atoms with Crippen molar-refractivity contribution < 1.29 is 52.8 Å². The molecule has 9 atom stereocenters. The van der Waals surface area contributed by atoms with E-state index in [-0.39, 0.29) is 30.2 Å². The smallest absolute Gasteiger partial charge is 0.409 e. The molecule has 0 spiro atoms. The highest BCUT2D eigenvalue weighted by atomic mass is 35.5. The first-order valence-corrected chi connectivity index (χ1v) is 19.5. The standard InChI is InChI=1S/C39H55ClN4O11S/c1-21-12-11-13-29(52-10)39(50)20-28(53-37(49)41-39)22(2)34-38(5,55-34)30(19-32(46)44(8)26-17-25(16-21)18-27(51-9)33(26)40)54-36(48)24(4)43(7)35(47)23(3)42(6)31(45)14-15-56/h11-13,17-18,22-24,28-30,34,50,56H,14-16,19-20H2,1-10H3,(H,41,49). The Labute approximate surface area is 339 Å². The topological polar surface area (TPSA) is 177 Å². The first kappa shape index (κ1) is 44.9. The molecule has 0 saturated carbocycles. The van der Waals surface area contributed by atoms with E-state index in [9.17, 15) is 29.1 Å². The van der Waals surface area contributed by atoms with Gasteiger partial charge in [0.15, 0.2) is 5.72 Å². The van der Waals surface area contributed by atoms with Crippen molar-refractivity contribution in [3.8, 4) is 5.75 Å². The van der Waals surface area contributed by atoms with Crippen molar-refractivity contribution >= 4 is 59.7 Å². The number of aliphatic hydroxyl groups is 1. The molecule has 2 saturated heterocycles. The van der Waals surface area contributed by atoms with Gasteiger partial charge >= 0.3 is 12.1 Å². The lowest BCUT2D eigenvalue weighted by molar-refractivity contribution is -0.163. The van der Waals surface area contributed by atoms with Gasteiger partial charge in [0, 0.05) is 47.0 Å². The predicted octanol–water partition coefficient (Wildman–Crippen LogP) is 3.68. The molecule has 1 aromatic rings. The first-order valence-electron chi connectivity index (χ1n) is 18.4. The van der Waals surface area contributed by atoms with Crippen LogP contribution in [0.1, 0.15) is 59.4 Å². The predicted molar refractivity (Wildman–Crippen MR) is 212 cm³/mol. The summed E-state index contributed by atoms with van der Waals surface area (Å²) in [6, 6.07) is 1.53. The summed E-state index contributed by atoms with van der Waals surface area (Å²) in [7, 11) is 7.38. The van der Waals surface area contributed by atoms with E-state index in [1.54, 1.807) is 52.1 Å². The van der Waals surface area contributed by atoms with Gasteiger partial charge in [0.25, 0.3) is 0 Å². The minimum Gasteiger partial charge on any atom is -0.495 e. The number of rotatable bonds is 9. The molecule has 4 bridgehead atoms. The minimum atomic E-state index is -1.85. The average Bonchev–Trinajstić information content (AvgIpc) is 3.85. The SMILES string of the molecule is COc1cc2cc(c1Cl)N(C)C(=O)CC(OC(=O)C(C)N(C)C(=O)C(C)N(C)C(=O)CCS)C1(C)OC1C(C)C1CC(O)(NC(=O)O1)C(OC)C=CC=C(C)C2. The molecule has 4 rings (SSSR count). The molecule has 2 fully saturated rings. The number of likely N-dealkylation sites (N-methyl/N-ethyl adjacent to an activating group) is 2. The number of amides is 4. The molecule has 3 heterocycles. The number of methoxy groups -OCH3 is 2. The number of anilines is 1. The van der Waals surface area contributed by atoms with E-state index in [1.807, 2.05) is 13.0 Å². The normalized spacial score (nSPS) is 29.1. The Morgan fingerprint density at radius 3 is 2.46 bits per heavy atom. The summed E-state index contributed by atoms with van der Waals surface area (Å²) in [5.41, 5.74) is -1.07. The van der Waals surface area contributed by atoms with Crippen LogP contribution in [-0.4, -0.2) is 134 Å². The number of hydrogen-bond acceptors (Lipinski definition) is 12. The Morgan fingerprint density at radius 2 is 1.84 bits per heavy atom. The van der Waals surface area contributed by atoms with Gasteiger partial charge in [-0.1, -0.05) is 42.3 Å². The van der Waals surface area contributed by atoms with Gasteiger partial charge in [0.2, 0.25) is 17.7 Å². The number of nitrogens with zero attached hydrogens (tertiary/aromatic N) is 3. The number of nitrogens with one attached hydrogen (secondary N) is 1. The molecule has 0 radical (unpaired) electrons. The lowest BCUT2D eigenvalue weighted by Crippen LogP contribution is -2.63. The second kappa shape index (κ2) is 18.2. The van der Waals surface area contributed by atoms with Crippen molar-refractivity contribution in [3.05, 3.63) is 46.5 Å². The number of hydrogen-bond donors (Lipinski definition) is 3. The van der Waals surface area contributed by atoms with Crippen LogP contribution < -0.4 is 15.0 Å². The van der Waals surface area contributed by atoms with Gasteiger partial charge in [-0.15, -0.1) is 0 Å². The summed E-state index contributed by atoms with van der Waals surface area (Å²) in [4.78, 5) is 70.8. The van der Waals surface area contributed by atoms with Crippen molar-refractivity contribution in [2.45, 2.75) is 108 Å². The van der Waals surface area contributed by atoms with Gasteiger partial charge < -0.3 is 43.5 Å². The molecular formula is C39H55ClN4O11S. The lowest BCUT2D eigenvalue weighted by Gasteiger charge is -2.42. The molecule has 56 heavy (non-hydrogen) atoms. The van der Waals surface area contributed by atoms with Crippen LogP contribution in [0.25, 0.3) is 0 Å². The highest BCUT2D eigenvalue weighted by Crippen LogP contribution is 2.49. The van der Waals surface area contributed by atoms with E-state index >= 15 is 0 Å². The largest absolute Gasteiger partial charge is 0.495 e. The number of carbonyl (C=O) groups is 5. The van der Waals surface area contributed by atoms with E-state index in [2.05, 4.69) is 17.9 Å². The van der Waals surface area contributed by atoms with Crippen molar-refractivity contribution in [2.75, 3.05) is 46.0 Å². The van der Waals surface area contributed by atoms with Crippen LogP contribution in [0.3, 0.4) is 0 Å². The number of thiol groups is 1. The highest BCUT2D eigenvalue weighted by molar-refractivity contribution is 7.80. The number of esters is 1. The fourth-order valence-electron chi connectivity index (χ4n) is 7.14. The summed E-state index contributed by atoms with van der Waals surface area (Å²) < 4.78 is 29.2. The minimum absolute atomic E-state index is 0.0787. The van der Waals surface area contributed by atoms with Crippen LogP contribution in [0.2, 0.25) is 5.02 Å². The van der Waals surface area contributed by atoms with Crippen LogP contribution in [0, 0.1) is 5.92 Å². The number of carbonyl (C=O) groups excluding carboxylic acids is 5. The molecule has 0 aromatic heterocycles. The molecule has 15 nitrogen and oxygen atoms in total. The Hall–Kier alpha value is -3.83. The molecule has 1 aromatic carbocycles. The van der Waals surface area contributed by atoms with Gasteiger partial charge in [-0.25, -0.2) is 9.59 Å². The molecule has 3 aliphatic heterocycles. The molecule has 4 amide bonds. The average molecular weight is 823 g/mol. The van der Waals surface area contributed by atoms with Gasteiger partial charge in [-0.05, 0) is 57.6 Å². The maximum atomic E-state index is 14.2. The number of fused-ring (bicyclic) bond motifs is 5. The van der Waals surface area contributed by atoms with Crippen molar-refractivity contribution in [1.82, 2.24) is 15.1 Å². The third-order valence-corrected chi connectivity index (χ3v) is 11.7. The summed E-state index contributed by atoms with van der Waals surface area (Å²) in [5, 5.41) is 14.5. The summed E-state index contributed by atoms with van der Waals surface area (Å²) in [6.45, 7) is 8.42. The maximum Gasteiger partial charge on any atom is 0.409 e. The summed E-state index contributed by atoms with van der Waals surface area (Å²) in [6.07, 6.45) is 0.735. The highest BCUT2D eigenvalue weighted by Gasteiger charge is 2.64. The Kier molecular flexibility index (Phi) is 14.6. The van der Waals surface area contributed by atoms with E-state index in [4.69, 9.17) is 35.3 Å². The second-order valence-corrected chi connectivity index (χ2v) is 15.8. The van der Waals surface area contributed by atoms with Gasteiger partial charge in [0.05, 0.1) is 25.3 Å². The molecule has 17 heteroatoms. The third-order valence-electron chi connectivity index (χ3n) is 11.1. The number of allylic oxidation sites excluding steroid dienone is 3. The number of benzene rings is 1. The second-order valence-electron chi connectivity index (χ2n) is 15.0. The number of halogens is 1. The Bertz CT molecular complexity index is 1740. The number of epoxide rings is 1. The zero-order valence-electron chi connectivity index (χ0n) is 33.7. The molecule has 2 N–H and O–H groups in total. The van der Waals surface area contributed by atoms with Crippen molar-refractivity contribution in [1.29, 1.82) is 0 Å². The summed E-state index contributed by atoms with van der Waals surface area (Å²) in [5.74, 6) is -1.98. The van der Waals surface area contributed by atoms with E-state index in [0.29, 0.717) is 23.6 Å². The molecule has 3 aliphatic rings. The molecule has 310 valence electrons. The monoisotopic (exact) mass is 822 g/mol. The first-order chi connectivity index (χ1) is 26.2. The quantitative estimate of drug-likeness (QED) is 0.188. The van der Waals surface area contributed by atoms with Crippen molar-refractivity contribution in [2.24, 2.45) is 5.92 Å². The third kappa shape index (κ3) is 9.64. The van der Waals surface area contributed by atoms with Crippen LogP contribution in [0.5, 0.6) is 5.75 Å².